The summed E-state index contributed by atoms with van der Waals surface area (Å²) in [6, 6.07) is 14.7. The van der Waals surface area contributed by atoms with Crippen molar-refractivity contribution in [2.45, 2.75) is 26.1 Å². The smallest absolute Gasteiger partial charge is 0.129 e. The fourth-order valence-electron chi connectivity index (χ4n) is 1.90. The highest BCUT2D eigenvalue weighted by Gasteiger charge is 2.03. The normalized spacial score (nSPS) is 12.1. The van der Waals surface area contributed by atoms with Crippen molar-refractivity contribution in [3.8, 4) is 5.75 Å². The predicted octanol–water partition coefficient (Wildman–Crippen LogP) is 2.84. The van der Waals surface area contributed by atoms with Crippen LogP contribution < -0.4 is 15.8 Å². The summed E-state index contributed by atoms with van der Waals surface area (Å²) in [4.78, 5) is 0. The van der Waals surface area contributed by atoms with E-state index in [4.69, 9.17) is 10.5 Å². The van der Waals surface area contributed by atoms with Crippen LogP contribution in [0.3, 0.4) is 0 Å². The lowest BCUT2D eigenvalue weighted by atomic mass is 10.2. The van der Waals surface area contributed by atoms with Crippen LogP contribution >= 0.6 is 0 Å². The first kappa shape index (κ1) is 15.5. The van der Waals surface area contributed by atoms with Crippen LogP contribution in [0, 0.1) is 5.82 Å². The Kier molecular flexibility index (Phi) is 5.72. The minimum absolute atomic E-state index is 0.225. The zero-order valence-electron chi connectivity index (χ0n) is 12.2. The Morgan fingerprint density at radius 1 is 1.19 bits per heavy atom. The highest BCUT2D eigenvalue weighted by atomic mass is 19.1. The van der Waals surface area contributed by atoms with E-state index in [0.29, 0.717) is 12.1 Å². The van der Waals surface area contributed by atoms with Gasteiger partial charge in [0.1, 0.15) is 18.2 Å². The number of hydrogen-bond donors (Lipinski definition) is 2. The first-order valence-electron chi connectivity index (χ1n) is 7.07. The maximum Gasteiger partial charge on any atom is 0.129 e. The van der Waals surface area contributed by atoms with E-state index in [1.807, 2.05) is 31.2 Å². The summed E-state index contributed by atoms with van der Waals surface area (Å²) in [5.74, 6) is 0.491. The minimum atomic E-state index is -0.243. The van der Waals surface area contributed by atoms with Crippen LogP contribution in [0.15, 0.2) is 48.5 Å². The first-order chi connectivity index (χ1) is 10.2. The topological polar surface area (TPSA) is 47.3 Å². The number of rotatable bonds is 7. The molecule has 0 aromatic heterocycles. The Hall–Kier alpha value is -1.91. The van der Waals surface area contributed by atoms with Crippen molar-refractivity contribution in [2.75, 3.05) is 6.54 Å². The third-order valence-corrected chi connectivity index (χ3v) is 3.26. The third kappa shape index (κ3) is 4.85. The number of hydrogen-bond acceptors (Lipinski definition) is 3. The number of ether oxygens (including phenoxy) is 1. The van der Waals surface area contributed by atoms with Crippen molar-refractivity contribution < 1.29 is 9.13 Å². The van der Waals surface area contributed by atoms with Crippen LogP contribution in [0.1, 0.15) is 18.1 Å². The van der Waals surface area contributed by atoms with E-state index in [9.17, 15) is 4.39 Å². The first-order valence-corrected chi connectivity index (χ1v) is 7.07. The molecule has 0 aliphatic rings. The molecule has 0 aliphatic heterocycles. The van der Waals surface area contributed by atoms with E-state index >= 15 is 0 Å². The summed E-state index contributed by atoms with van der Waals surface area (Å²) in [5, 5.41) is 3.32. The van der Waals surface area contributed by atoms with Gasteiger partial charge in [0.2, 0.25) is 0 Å². The van der Waals surface area contributed by atoms with Gasteiger partial charge in [0.15, 0.2) is 0 Å². The molecule has 2 rings (SSSR count). The fraction of sp³-hybridized carbons (Fsp3) is 0.294. The van der Waals surface area contributed by atoms with Crippen LogP contribution in [-0.4, -0.2) is 12.6 Å². The molecular formula is C17H21FN2O. The average Bonchev–Trinajstić information content (AvgIpc) is 2.52. The molecule has 0 saturated heterocycles. The summed E-state index contributed by atoms with van der Waals surface area (Å²) in [7, 11) is 0. The second kappa shape index (κ2) is 7.76. The summed E-state index contributed by atoms with van der Waals surface area (Å²) in [6.45, 7) is 3.60. The van der Waals surface area contributed by atoms with E-state index in [1.165, 1.54) is 6.07 Å². The van der Waals surface area contributed by atoms with Gasteiger partial charge in [-0.1, -0.05) is 30.3 Å². The van der Waals surface area contributed by atoms with Crippen LogP contribution in [-0.2, 0) is 13.2 Å². The van der Waals surface area contributed by atoms with Crippen LogP contribution in [0.2, 0.25) is 0 Å². The van der Waals surface area contributed by atoms with Crippen molar-refractivity contribution >= 4 is 0 Å². The second-order valence-electron chi connectivity index (χ2n) is 5.05. The van der Waals surface area contributed by atoms with Gasteiger partial charge in [0, 0.05) is 24.7 Å². The van der Waals surface area contributed by atoms with E-state index < -0.39 is 0 Å². The van der Waals surface area contributed by atoms with Gasteiger partial charge < -0.3 is 15.8 Å². The van der Waals surface area contributed by atoms with Gasteiger partial charge in [-0.2, -0.15) is 0 Å². The number of benzene rings is 2. The Labute approximate surface area is 124 Å². The molecule has 112 valence electrons. The molecule has 21 heavy (non-hydrogen) atoms. The highest BCUT2D eigenvalue weighted by Crippen LogP contribution is 2.16. The summed E-state index contributed by atoms with van der Waals surface area (Å²) < 4.78 is 19.2. The largest absolute Gasteiger partial charge is 0.489 e. The zero-order chi connectivity index (χ0) is 15.1. The lowest BCUT2D eigenvalue weighted by molar-refractivity contribution is 0.299. The van der Waals surface area contributed by atoms with E-state index in [0.717, 1.165) is 17.9 Å². The van der Waals surface area contributed by atoms with E-state index in [2.05, 4.69) is 5.32 Å². The van der Waals surface area contributed by atoms with Crippen molar-refractivity contribution in [3.63, 3.8) is 0 Å². The van der Waals surface area contributed by atoms with Gasteiger partial charge in [0.05, 0.1) is 0 Å². The van der Waals surface area contributed by atoms with Gasteiger partial charge in [-0.25, -0.2) is 4.39 Å². The molecule has 3 N–H and O–H groups in total. The molecule has 0 spiro atoms. The number of nitrogens with one attached hydrogen (secondary N) is 1. The Morgan fingerprint density at radius 2 is 2.00 bits per heavy atom. The molecule has 0 saturated carbocycles. The van der Waals surface area contributed by atoms with Crippen molar-refractivity contribution in [3.05, 3.63) is 65.5 Å². The second-order valence-corrected chi connectivity index (χ2v) is 5.05. The molecule has 0 unspecified atom stereocenters. The Morgan fingerprint density at radius 3 is 2.76 bits per heavy atom. The molecule has 0 amide bonds. The lowest BCUT2D eigenvalue weighted by Crippen LogP contribution is -2.32. The van der Waals surface area contributed by atoms with E-state index in [-0.39, 0.29) is 18.5 Å². The highest BCUT2D eigenvalue weighted by molar-refractivity contribution is 5.29. The van der Waals surface area contributed by atoms with Crippen molar-refractivity contribution in [1.29, 1.82) is 0 Å². The molecule has 0 bridgehead atoms. The number of halogens is 1. The van der Waals surface area contributed by atoms with Crippen LogP contribution in [0.5, 0.6) is 5.75 Å². The predicted molar refractivity (Wildman–Crippen MR) is 82.5 cm³/mol. The maximum absolute atomic E-state index is 13.5. The molecule has 0 radical (unpaired) electrons. The maximum atomic E-state index is 13.5. The van der Waals surface area contributed by atoms with E-state index in [1.54, 1.807) is 18.2 Å². The summed E-state index contributed by atoms with van der Waals surface area (Å²) >= 11 is 0. The van der Waals surface area contributed by atoms with Gasteiger partial charge in [-0.15, -0.1) is 0 Å². The lowest BCUT2D eigenvalue weighted by Gasteiger charge is -2.12. The fourth-order valence-corrected chi connectivity index (χ4v) is 1.90. The van der Waals surface area contributed by atoms with Gasteiger partial charge in [-0.3, -0.25) is 0 Å². The molecule has 1 atom stereocenters. The monoisotopic (exact) mass is 288 g/mol. The van der Waals surface area contributed by atoms with Gasteiger partial charge in [0.25, 0.3) is 0 Å². The van der Waals surface area contributed by atoms with Crippen LogP contribution in [0.25, 0.3) is 0 Å². The molecule has 4 heteroatoms. The van der Waals surface area contributed by atoms with Crippen LogP contribution in [0.4, 0.5) is 4.39 Å². The number of nitrogens with two attached hydrogens (primary N) is 1. The summed E-state index contributed by atoms with van der Waals surface area (Å²) in [6.07, 6.45) is 0. The quantitative estimate of drug-likeness (QED) is 0.823. The Bertz CT molecular complexity index is 574. The molecule has 2 aromatic rings. The molecule has 2 aromatic carbocycles. The standard InChI is InChI=1S/C17H21FN2O/c1-13(10-19)20-11-14-5-4-7-16(9-14)21-12-15-6-2-3-8-17(15)18/h2-9,13,20H,10-12,19H2,1H3/t13-/m1/s1. The summed E-state index contributed by atoms with van der Waals surface area (Å²) in [5.41, 5.74) is 7.24. The average molecular weight is 288 g/mol. The zero-order valence-corrected chi connectivity index (χ0v) is 12.2. The molecule has 0 aliphatic carbocycles. The molecule has 0 heterocycles. The molecule has 0 fully saturated rings. The minimum Gasteiger partial charge on any atom is -0.489 e. The SMILES string of the molecule is C[C@H](CN)NCc1cccc(OCc2ccccc2F)c1. The van der Waals surface area contributed by atoms with Gasteiger partial charge in [-0.05, 0) is 30.7 Å². The van der Waals surface area contributed by atoms with Crippen molar-refractivity contribution in [2.24, 2.45) is 5.73 Å². The van der Waals surface area contributed by atoms with Gasteiger partial charge >= 0.3 is 0 Å². The molecule has 3 nitrogen and oxygen atoms in total. The third-order valence-electron chi connectivity index (χ3n) is 3.26. The molecular weight excluding hydrogens is 267 g/mol. The Balaban J connectivity index is 1.93. The van der Waals surface area contributed by atoms with Crippen molar-refractivity contribution in [1.82, 2.24) is 5.32 Å².